The monoisotopic (exact) mass is 293 g/mol. The molecule has 114 valence electrons. The van der Waals surface area contributed by atoms with E-state index in [-0.39, 0.29) is 18.6 Å². The molecule has 1 amide bonds. The van der Waals surface area contributed by atoms with Crippen molar-refractivity contribution >= 4 is 11.9 Å². The van der Waals surface area contributed by atoms with Gasteiger partial charge < -0.3 is 19.5 Å². The minimum atomic E-state index is -0.659. The van der Waals surface area contributed by atoms with Crippen LogP contribution < -0.4 is 14.8 Å². The van der Waals surface area contributed by atoms with Crippen LogP contribution in [0.2, 0.25) is 0 Å². The van der Waals surface area contributed by atoms with Gasteiger partial charge in [0.25, 0.3) is 5.91 Å². The molecule has 1 atom stereocenters. The second-order valence-corrected chi connectivity index (χ2v) is 5.25. The Bertz CT molecular complexity index is 541. The lowest BCUT2D eigenvalue weighted by molar-refractivity contribution is -0.143. The summed E-state index contributed by atoms with van der Waals surface area (Å²) in [6.45, 7) is 4.10. The molecule has 0 bridgehead atoms. The minimum Gasteiger partial charge on any atom is -0.467 e. The third-order valence-corrected chi connectivity index (χ3v) is 3.13. The Balaban J connectivity index is 2.09. The summed E-state index contributed by atoms with van der Waals surface area (Å²) < 4.78 is 15.2. The summed E-state index contributed by atoms with van der Waals surface area (Å²) in [5, 5.41) is 2.70. The summed E-state index contributed by atoms with van der Waals surface area (Å²) in [7, 11) is 1.31. The van der Waals surface area contributed by atoms with Crippen molar-refractivity contribution in [3.05, 3.63) is 23.8 Å². The van der Waals surface area contributed by atoms with Crippen molar-refractivity contribution in [2.45, 2.75) is 26.3 Å². The number of hydrogen-bond donors (Lipinski definition) is 1. The number of carbonyl (C=O) groups is 2. The highest BCUT2D eigenvalue weighted by Crippen LogP contribution is 2.32. The quantitative estimate of drug-likeness (QED) is 0.837. The van der Waals surface area contributed by atoms with Crippen LogP contribution in [0, 0.1) is 5.92 Å². The van der Waals surface area contributed by atoms with E-state index in [1.165, 1.54) is 7.11 Å². The number of hydrogen-bond acceptors (Lipinski definition) is 5. The minimum absolute atomic E-state index is 0.151. The molecule has 0 spiro atoms. The molecule has 21 heavy (non-hydrogen) atoms. The molecule has 1 N–H and O–H groups in total. The van der Waals surface area contributed by atoms with Gasteiger partial charge in [-0.15, -0.1) is 0 Å². The number of esters is 1. The van der Waals surface area contributed by atoms with E-state index in [9.17, 15) is 9.59 Å². The van der Waals surface area contributed by atoms with Gasteiger partial charge in [-0.05, 0) is 30.5 Å². The lowest BCUT2D eigenvalue weighted by Gasteiger charge is -2.18. The molecule has 0 radical (unpaired) electrons. The van der Waals surface area contributed by atoms with Crippen LogP contribution in [0.3, 0.4) is 0 Å². The molecule has 6 heteroatoms. The Morgan fingerprint density at radius 2 is 2.00 bits per heavy atom. The number of fused-ring (bicyclic) bond motifs is 1. The van der Waals surface area contributed by atoms with Gasteiger partial charge in [-0.2, -0.15) is 0 Å². The summed E-state index contributed by atoms with van der Waals surface area (Å²) in [6.07, 6.45) is 0.517. The number of ether oxygens (including phenoxy) is 3. The maximum Gasteiger partial charge on any atom is 0.328 e. The van der Waals surface area contributed by atoms with E-state index in [2.05, 4.69) is 5.32 Å². The van der Waals surface area contributed by atoms with Gasteiger partial charge in [0.2, 0.25) is 6.79 Å². The Hall–Kier alpha value is -2.24. The molecule has 0 saturated heterocycles. The summed E-state index contributed by atoms with van der Waals surface area (Å²) in [5.74, 6) is 0.604. The van der Waals surface area contributed by atoms with Crippen molar-refractivity contribution in [1.82, 2.24) is 5.32 Å². The van der Waals surface area contributed by atoms with Gasteiger partial charge >= 0.3 is 5.97 Å². The number of rotatable bonds is 5. The van der Waals surface area contributed by atoms with Crippen LogP contribution in [0.1, 0.15) is 30.6 Å². The molecule has 0 aliphatic carbocycles. The standard InChI is InChI=1S/C15H19NO5/c1-9(2)6-11(15(18)19-3)16-14(17)10-4-5-12-13(7-10)21-8-20-12/h4-5,7,9,11H,6,8H2,1-3H3,(H,16,17)/t11-/m1/s1. The summed E-state index contributed by atoms with van der Waals surface area (Å²) in [6, 6.07) is 4.24. The molecule has 1 aromatic rings. The number of methoxy groups -OCH3 is 1. The highest BCUT2D eigenvalue weighted by atomic mass is 16.7. The van der Waals surface area contributed by atoms with Crippen LogP contribution in [-0.2, 0) is 9.53 Å². The van der Waals surface area contributed by atoms with Crippen LogP contribution in [0.25, 0.3) is 0 Å². The maximum atomic E-state index is 12.2. The van der Waals surface area contributed by atoms with E-state index >= 15 is 0 Å². The molecule has 0 fully saturated rings. The highest BCUT2D eigenvalue weighted by molar-refractivity contribution is 5.97. The zero-order chi connectivity index (χ0) is 15.4. The number of nitrogens with one attached hydrogen (secondary N) is 1. The van der Waals surface area contributed by atoms with Crippen molar-refractivity contribution < 1.29 is 23.8 Å². The molecule has 6 nitrogen and oxygen atoms in total. The second kappa shape index (κ2) is 6.47. The summed E-state index contributed by atoms with van der Waals surface area (Å²) >= 11 is 0. The number of amides is 1. The average Bonchev–Trinajstić information content (AvgIpc) is 2.92. The van der Waals surface area contributed by atoms with Gasteiger partial charge in [-0.25, -0.2) is 4.79 Å². The van der Waals surface area contributed by atoms with Crippen molar-refractivity contribution in [3.8, 4) is 11.5 Å². The first-order valence-electron chi connectivity index (χ1n) is 6.79. The zero-order valence-corrected chi connectivity index (χ0v) is 12.3. The first-order chi connectivity index (χ1) is 10.0. The predicted molar refractivity (Wildman–Crippen MR) is 75.3 cm³/mol. The fraction of sp³-hybridized carbons (Fsp3) is 0.467. The van der Waals surface area contributed by atoms with Gasteiger partial charge in [0.1, 0.15) is 6.04 Å². The van der Waals surface area contributed by atoms with Crippen molar-refractivity contribution in [2.24, 2.45) is 5.92 Å². The van der Waals surface area contributed by atoms with Crippen LogP contribution in [0.4, 0.5) is 0 Å². The van der Waals surface area contributed by atoms with Gasteiger partial charge in [0.15, 0.2) is 11.5 Å². The maximum absolute atomic E-state index is 12.2. The first kappa shape index (κ1) is 15.2. The average molecular weight is 293 g/mol. The summed E-state index contributed by atoms with van der Waals surface area (Å²) in [4.78, 5) is 24.0. The van der Waals surface area contributed by atoms with E-state index < -0.39 is 12.0 Å². The summed E-state index contributed by atoms with van der Waals surface area (Å²) in [5.41, 5.74) is 0.414. The van der Waals surface area contributed by atoms with Crippen molar-refractivity contribution in [1.29, 1.82) is 0 Å². The fourth-order valence-corrected chi connectivity index (χ4v) is 2.11. The lowest BCUT2D eigenvalue weighted by atomic mass is 10.0. The Labute approximate surface area is 123 Å². The Kier molecular flexibility index (Phi) is 4.67. The topological polar surface area (TPSA) is 73.9 Å². The molecule has 1 heterocycles. The van der Waals surface area contributed by atoms with E-state index in [0.29, 0.717) is 23.5 Å². The van der Waals surface area contributed by atoms with E-state index in [1.54, 1.807) is 18.2 Å². The van der Waals surface area contributed by atoms with Gasteiger partial charge in [0, 0.05) is 5.56 Å². The van der Waals surface area contributed by atoms with Crippen LogP contribution in [0.5, 0.6) is 11.5 Å². The molecule has 1 aliphatic rings. The smallest absolute Gasteiger partial charge is 0.328 e. The van der Waals surface area contributed by atoms with Gasteiger partial charge in [-0.3, -0.25) is 4.79 Å². The molecule has 0 aromatic heterocycles. The first-order valence-corrected chi connectivity index (χ1v) is 6.79. The highest BCUT2D eigenvalue weighted by Gasteiger charge is 2.24. The molecule has 0 unspecified atom stereocenters. The van der Waals surface area contributed by atoms with Crippen LogP contribution in [0.15, 0.2) is 18.2 Å². The second-order valence-electron chi connectivity index (χ2n) is 5.25. The lowest BCUT2D eigenvalue weighted by Crippen LogP contribution is -2.42. The van der Waals surface area contributed by atoms with E-state index in [1.807, 2.05) is 13.8 Å². The SMILES string of the molecule is COC(=O)[C@@H](CC(C)C)NC(=O)c1ccc2c(c1)OCO2. The number of carbonyl (C=O) groups excluding carboxylic acids is 2. The van der Waals surface area contributed by atoms with Crippen molar-refractivity contribution in [3.63, 3.8) is 0 Å². The fourth-order valence-electron chi connectivity index (χ4n) is 2.11. The Morgan fingerprint density at radius 3 is 2.67 bits per heavy atom. The molecular weight excluding hydrogens is 274 g/mol. The molecule has 1 aliphatic heterocycles. The predicted octanol–water partition coefficient (Wildman–Crippen LogP) is 1.73. The van der Waals surface area contributed by atoms with Gasteiger partial charge in [0.05, 0.1) is 7.11 Å². The van der Waals surface area contributed by atoms with Gasteiger partial charge in [-0.1, -0.05) is 13.8 Å². The third kappa shape index (κ3) is 3.65. The van der Waals surface area contributed by atoms with Crippen LogP contribution >= 0.6 is 0 Å². The molecule has 1 aromatic carbocycles. The zero-order valence-electron chi connectivity index (χ0n) is 12.3. The van der Waals surface area contributed by atoms with E-state index in [0.717, 1.165) is 0 Å². The van der Waals surface area contributed by atoms with Crippen molar-refractivity contribution in [2.75, 3.05) is 13.9 Å². The molecule has 0 saturated carbocycles. The van der Waals surface area contributed by atoms with Crippen LogP contribution in [-0.4, -0.2) is 31.8 Å². The normalized spacial score (nSPS) is 13.9. The Morgan fingerprint density at radius 1 is 1.29 bits per heavy atom. The van der Waals surface area contributed by atoms with E-state index in [4.69, 9.17) is 14.2 Å². The molecular formula is C15H19NO5. The molecule has 2 rings (SSSR count). The number of benzene rings is 1. The third-order valence-electron chi connectivity index (χ3n) is 3.13. The largest absolute Gasteiger partial charge is 0.467 e.